The van der Waals surface area contributed by atoms with Crippen LogP contribution in [-0.2, 0) is 9.59 Å². The van der Waals surface area contributed by atoms with Gasteiger partial charge in [-0.05, 0) is 54.8 Å². The minimum absolute atomic E-state index is 0.146. The van der Waals surface area contributed by atoms with Crippen LogP contribution in [0.15, 0.2) is 48.5 Å². The Bertz CT molecular complexity index is 828. The first-order chi connectivity index (χ1) is 12.0. The summed E-state index contributed by atoms with van der Waals surface area (Å²) >= 11 is 0. The SMILES string of the molecule is Cc1ccc(NC(=O)C=Cc2ccc(N3CCCC3=O)cc2)cc1F. The predicted molar refractivity (Wildman–Crippen MR) is 96.8 cm³/mol. The normalized spacial score (nSPS) is 14.3. The van der Waals surface area contributed by atoms with Gasteiger partial charge in [0.2, 0.25) is 11.8 Å². The Kier molecular flexibility index (Phi) is 4.93. The van der Waals surface area contributed by atoms with Crippen LogP contribution in [0.25, 0.3) is 6.08 Å². The number of nitrogens with zero attached hydrogens (tertiary/aromatic N) is 1. The van der Waals surface area contributed by atoms with E-state index in [2.05, 4.69) is 5.32 Å². The lowest BCUT2D eigenvalue weighted by Gasteiger charge is -2.15. The molecular formula is C20H19FN2O2. The second-order valence-corrected chi connectivity index (χ2v) is 6.03. The largest absolute Gasteiger partial charge is 0.322 e. The van der Waals surface area contributed by atoms with Gasteiger partial charge in [-0.3, -0.25) is 9.59 Å². The quantitative estimate of drug-likeness (QED) is 0.859. The third-order valence-electron chi connectivity index (χ3n) is 4.14. The highest BCUT2D eigenvalue weighted by Crippen LogP contribution is 2.22. The molecule has 2 aromatic rings. The summed E-state index contributed by atoms with van der Waals surface area (Å²) < 4.78 is 13.5. The molecule has 1 saturated heterocycles. The molecule has 1 aliphatic rings. The summed E-state index contributed by atoms with van der Waals surface area (Å²) in [7, 11) is 0. The minimum atomic E-state index is -0.353. The molecular weight excluding hydrogens is 319 g/mol. The van der Waals surface area contributed by atoms with Gasteiger partial charge in [0.05, 0.1) is 0 Å². The Morgan fingerprint density at radius 1 is 1.20 bits per heavy atom. The van der Waals surface area contributed by atoms with Crippen molar-refractivity contribution in [1.29, 1.82) is 0 Å². The molecule has 2 amide bonds. The molecule has 5 heteroatoms. The second kappa shape index (κ2) is 7.30. The monoisotopic (exact) mass is 338 g/mol. The smallest absolute Gasteiger partial charge is 0.248 e. The highest BCUT2D eigenvalue weighted by molar-refractivity contribution is 6.02. The lowest BCUT2D eigenvalue weighted by molar-refractivity contribution is -0.117. The van der Waals surface area contributed by atoms with Crippen LogP contribution in [0.3, 0.4) is 0 Å². The van der Waals surface area contributed by atoms with Crippen molar-refractivity contribution < 1.29 is 14.0 Å². The first-order valence-corrected chi connectivity index (χ1v) is 8.18. The Balaban J connectivity index is 1.62. The summed E-state index contributed by atoms with van der Waals surface area (Å²) in [4.78, 5) is 25.4. The molecule has 0 atom stereocenters. The van der Waals surface area contributed by atoms with Crippen molar-refractivity contribution in [2.75, 3.05) is 16.8 Å². The molecule has 1 heterocycles. The molecule has 128 valence electrons. The highest BCUT2D eigenvalue weighted by atomic mass is 19.1. The van der Waals surface area contributed by atoms with E-state index in [-0.39, 0.29) is 17.6 Å². The molecule has 1 aliphatic heterocycles. The van der Waals surface area contributed by atoms with Crippen molar-refractivity contribution in [2.45, 2.75) is 19.8 Å². The van der Waals surface area contributed by atoms with E-state index in [1.807, 2.05) is 24.3 Å². The van der Waals surface area contributed by atoms with E-state index in [0.29, 0.717) is 17.7 Å². The zero-order valence-electron chi connectivity index (χ0n) is 14.0. The zero-order valence-corrected chi connectivity index (χ0v) is 14.0. The molecule has 0 unspecified atom stereocenters. The van der Waals surface area contributed by atoms with Crippen molar-refractivity contribution in [3.63, 3.8) is 0 Å². The van der Waals surface area contributed by atoms with Crippen LogP contribution in [0.2, 0.25) is 0 Å². The molecule has 0 aliphatic carbocycles. The summed E-state index contributed by atoms with van der Waals surface area (Å²) in [6.07, 6.45) is 4.56. The summed E-state index contributed by atoms with van der Waals surface area (Å²) in [6.45, 7) is 2.42. The standard InChI is InChI=1S/C20H19FN2O2/c1-14-4-8-16(13-18(14)21)22-19(24)11-7-15-5-9-17(10-6-15)23-12-2-3-20(23)25/h4-11,13H,2-3,12H2,1H3,(H,22,24). The molecule has 0 saturated carbocycles. The molecule has 0 bridgehead atoms. The lowest BCUT2D eigenvalue weighted by Crippen LogP contribution is -2.23. The van der Waals surface area contributed by atoms with Crippen molar-refractivity contribution in [1.82, 2.24) is 0 Å². The number of hydrogen-bond acceptors (Lipinski definition) is 2. The molecule has 0 aromatic heterocycles. The number of carbonyl (C=O) groups is 2. The number of nitrogens with one attached hydrogen (secondary N) is 1. The van der Waals surface area contributed by atoms with Crippen LogP contribution >= 0.6 is 0 Å². The summed E-state index contributed by atoms with van der Waals surface area (Å²) in [5.74, 6) is -0.538. The maximum Gasteiger partial charge on any atom is 0.248 e. The average molecular weight is 338 g/mol. The van der Waals surface area contributed by atoms with Gasteiger partial charge in [0.15, 0.2) is 0 Å². The number of hydrogen-bond donors (Lipinski definition) is 1. The van der Waals surface area contributed by atoms with E-state index >= 15 is 0 Å². The number of aryl methyl sites for hydroxylation is 1. The fourth-order valence-corrected chi connectivity index (χ4v) is 2.71. The van der Waals surface area contributed by atoms with E-state index in [9.17, 15) is 14.0 Å². The average Bonchev–Trinajstić information content (AvgIpc) is 3.03. The van der Waals surface area contributed by atoms with Gasteiger partial charge in [-0.1, -0.05) is 18.2 Å². The summed E-state index contributed by atoms with van der Waals surface area (Å²) in [5, 5.41) is 2.62. The zero-order chi connectivity index (χ0) is 17.8. The number of carbonyl (C=O) groups excluding carboxylic acids is 2. The van der Waals surface area contributed by atoms with Crippen LogP contribution in [0.4, 0.5) is 15.8 Å². The first-order valence-electron chi connectivity index (χ1n) is 8.18. The fourth-order valence-electron chi connectivity index (χ4n) is 2.71. The Morgan fingerprint density at radius 2 is 1.96 bits per heavy atom. The van der Waals surface area contributed by atoms with Crippen LogP contribution in [0, 0.1) is 12.7 Å². The van der Waals surface area contributed by atoms with Gasteiger partial charge in [-0.25, -0.2) is 4.39 Å². The third kappa shape index (κ3) is 4.12. The third-order valence-corrected chi connectivity index (χ3v) is 4.14. The number of rotatable bonds is 4. The van der Waals surface area contributed by atoms with Gasteiger partial charge in [0, 0.05) is 30.4 Å². The maximum absolute atomic E-state index is 13.5. The first kappa shape index (κ1) is 16.9. The van der Waals surface area contributed by atoms with E-state index in [1.54, 1.807) is 30.0 Å². The molecule has 3 rings (SSSR count). The van der Waals surface area contributed by atoms with Gasteiger partial charge in [-0.2, -0.15) is 0 Å². The van der Waals surface area contributed by atoms with Gasteiger partial charge in [0.25, 0.3) is 0 Å². The lowest BCUT2D eigenvalue weighted by atomic mass is 10.2. The molecule has 0 spiro atoms. The van der Waals surface area contributed by atoms with Crippen molar-refractivity contribution >= 4 is 29.3 Å². The topological polar surface area (TPSA) is 49.4 Å². The molecule has 1 N–H and O–H groups in total. The van der Waals surface area contributed by atoms with Gasteiger partial charge >= 0.3 is 0 Å². The number of benzene rings is 2. The Hall–Kier alpha value is -2.95. The molecule has 25 heavy (non-hydrogen) atoms. The molecule has 0 radical (unpaired) electrons. The number of anilines is 2. The van der Waals surface area contributed by atoms with E-state index in [1.165, 1.54) is 12.1 Å². The van der Waals surface area contributed by atoms with Crippen LogP contribution < -0.4 is 10.2 Å². The van der Waals surface area contributed by atoms with Gasteiger partial charge in [-0.15, -0.1) is 0 Å². The Labute approximate surface area is 146 Å². The summed E-state index contributed by atoms with van der Waals surface area (Å²) in [6, 6.07) is 12.0. The predicted octanol–water partition coefficient (Wildman–Crippen LogP) is 3.91. The number of halogens is 1. The van der Waals surface area contributed by atoms with E-state index < -0.39 is 0 Å². The molecule has 1 fully saturated rings. The van der Waals surface area contributed by atoms with Crippen molar-refractivity contribution in [2.24, 2.45) is 0 Å². The van der Waals surface area contributed by atoms with E-state index in [4.69, 9.17) is 0 Å². The van der Waals surface area contributed by atoms with Gasteiger partial charge < -0.3 is 10.2 Å². The number of amides is 2. The van der Waals surface area contributed by atoms with Crippen LogP contribution in [0.1, 0.15) is 24.0 Å². The van der Waals surface area contributed by atoms with Crippen LogP contribution in [-0.4, -0.2) is 18.4 Å². The second-order valence-electron chi connectivity index (χ2n) is 6.03. The minimum Gasteiger partial charge on any atom is -0.322 e. The van der Waals surface area contributed by atoms with Crippen molar-refractivity contribution in [3.05, 3.63) is 65.5 Å². The van der Waals surface area contributed by atoms with Crippen molar-refractivity contribution in [3.8, 4) is 0 Å². The van der Waals surface area contributed by atoms with E-state index in [0.717, 1.165) is 24.2 Å². The summed E-state index contributed by atoms with van der Waals surface area (Å²) in [5.41, 5.74) is 2.67. The maximum atomic E-state index is 13.5. The van der Waals surface area contributed by atoms with Gasteiger partial charge in [0.1, 0.15) is 5.82 Å². The van der Waals surface area contributed by atoms with Crippen LogP contribution in [0.5, 0.6) is 0 Å². The Morgan fingerprint density at radius 3 is 2.60 bits per heavy atom. The molecule has 4 nitrogen and oxygen atoms in total. The molecule has 2 aromatic carbocycles. The highest BCUT2D eigenvalue weighted by Gasteiger charge is 2.21. The fraction of sp³-hybridized carbons (Fsp3) is 0.200.